The number of benzene rings is 2. The van der Waals surface area contributed by atoms with E-state index in [1.807, 2.05) is 13.0 Å². The number of Topliss-reactive ketones (excluding diaryl/α,β-unsaturated/α-hetero) is 1. The van der Waals surface area contributed by atoms with Gasteiger partial charge in [-0.1, -0.05) is 29.8 Å². The number of hydrogen-bond donors (Lipinski definition) is 1. The van der Waals surface area contributed by atoms with E-state index in [4.69, 9.17) is 11.6 Å². The van der Waals surface area contributed by atoms with Gasteiger partial charge in [0.15, 0.2) is 5.78 Å². The molecule has 0 spiro atoms. The van der Waals surface area contributed by atoms with Crippen molar-refractivity contribution in [2.45, 2.75) is 20.8 Å². The van der Waals surface area contributed by atoms with Crippen molar-refractivity contribution in [2.75, 3.05) is 36.4 Å². The summed E-state index contributed by atoms with van der Waals surface area (Å²) in [6.45, 7) is 8.29. The van der Waals surface area contributed by atoms with Gasteiger partial charge in [-0.3, -0.25) is 4.79 Å². The maximum Gasteiger partial charge on any atom is 0.321 e. The fourth-order valence-corrected chi connectivity index (χ4v) is 3.90. The van der Waals surface area contributed by atoms with Gasteiger partial charge in [0.2, 0.25) is 0 Å². The molecule has 0 bridgehead atoms. The standard InChI is InChI=1S/C21H24ClN3O2/c1-14-11-15(2)20(19(22)12-14)24-7-9-25(10-8-24)21(27)23-18-6-4-5-17(13-18)16(3)26/h4-6,11-13H,7-10H2,1-3H3,(H,23,27). The van der Waals surface area contributed by atoms with Crippen LogP contribution in [0.15, 0.2) is 36.4 Å². The van der Waals surface area contributed by atoms with E-state index >= 15 is 0 Å². The Hall–Kier alpha value is -2.53. The van der Waals surface area contributed by atoms with Crippen molar-refractivity contribution >= 4 is 34.8 Å². The molecule has 1 N–H and O–H groups in total. The number of anilines is 2. The molecule has 27 heavy (non-hydrogen) atoms. The lowest BCUT2D eigenvalue weighted by atomic mass is 10.1. The second-order valence-electron chi connectivity index (χ2n) is 6.95. The molecule has 0 saturated carbocycles. The van der Waals surface area contributed by atoms with Gasteiger partial charge in [0.1, 0.15) is 0 Å². The maximum absolute atomic E-state index is 12.6. The summed E-state index contributed by atoms with van der Waals surface area (Å²) in [7, 11) is 0. The van der Waals surface area contributed by atoms with Gasteiger partial charge in [0.25, 0.3) is 0 Å². The minimum Gasteiger partial charge on any atom is -0.367 e. The topological polar surface area (TPSA) is 52.7 Å². The summed E-state index contributed by atoms with van der Waals surface area (Å²) >= 11 is 6.45. The predicted molar refractivity (Wildman–Crippen MR) is 110 cm³/mol. The van der Waals surface area contributed by atoms with Gasteiger partial charge in [0, 0.05) is 37.4 Å². The first kappa shape index (κ1) is 19.2. The highest BCUT2D eigenvalue weighted by atomic mass is 35.5. The monoisotopic (exact) mass is 385 g/mol. The molecule has 0 aromatic heterocycles. The van der Waals surface area contributed by atoms with Crippen molar-refractivity contribution in [3.05, 3.63) is 58.1 Å². The van der Waals surface area contributed by atoms with Crippen LogP contribution in [0, 0.1) is 13.8 Å². The van der Waals surface area contributed by atoms with E-state index < -0.39 is 0 Å². The van der Waals surface area contributed by atoms with E-state index in [9.17, 15) is 9.59 Å². The van der Waals surface area contributed by atoms with Gasteiger partial charge >= 0.3 is 6.03 Å². The maximum atomic E-state index is 12.6. The average molecular weight is 386 g/mol. The summed E-state index contributed by atoms with van der Waals surface area (Å²) in [5, 5.41) is 3.64. The number of urea groups is 1. The van der Waals surface area contributed by atoms with Crippen LogP contribution in [0.25, 0.3) is 0 Å². The molecule has 0 radical (unpaired) electrons. The number of rotatable bonds is 3. The van der Waals surface area contributed by atoms with Crippen LogP contribution in [0.3, 0.4) is 0 Å². The van der Waals surface area contributed by atoms with Gasteiger partial charge in [-0.05, 0) is 50.1 Å². The lowest BCUT2D eigenvalue weighted by molar-refractivity contribution is 0.101. The molecule has 5 nitrogen and oxygen atoms in total. The van der Waals surface area contributed by atoms with Crippen molar-refractivity contribution in [1.29, 1.82) is 0 Å². The zero-order chi connectivity index (χ0) is 19.6. The SMILES string of the molecule is CC(=O)c1cccc(NC(=O)N2CCN(c3c(C)cc(C)cc3Cl)CC2)c1. The van der Waals surface area contributed by atoms with Crippen molar-refractivity contribution in [1.82, 2.24) is 4.90 Å². The number of halogens is 1. The first-order valence-electron chi connectivity index (χ1n) is 9.04. The highest BCUT2D eigenvalue weighted by molar-refractivity contribution is 6.33. The molecule has 2 aromatic rings. The van der Waals surface area contributed by atoms with Gasteiger partial charge < -0.3 is 15.1 Å². The first-order valence-corrected chi connectivity index (χ1v) is 9.41. The zero-order valence-corrected chi connectivity index (χ0v) is 16.6. The van der Waals surface area contributed by atoms with E-state index in [0.717, 1.165) is 34.9 Å². The quantitative estimate of drug-likeness (QED) is 0.790. The van der Waals surface area contributed by atoms with Gasteiger partial charge in [-0.15, -0.1) is 0 Å². The molecular weight excluding hydrogens is 362 g/mol. The van der Waals surface area contributed by atoms with Crippen LogP contribution in [0.5, 0.6) is 0 Å². The molecule has 1 fully saturated rings. The fourth-order valence-electron chi connectivity index (χ4n) is 3.46. The third kappa shape index (κ3) is 4.42. The van der Waals surface area contributed by atoms with Gasteiger partial charge in [-0.2, -0.15) is 0 Å². The molecule has 0 unspecified atom stereocenters. The number of amides is 2. The number of piperazine rings is 1. The second kappa shape index (κ2) is 8.01. The molecule has 3 rings (SSSR count). The summed E-state index contributed by atoms with van der Waals surface area (Å²) in [5.74, 6) is -0.0231. The lowest BCUT2D eigenvalue weighted by Crippen LogP contribution is -2.50. The highest BCUT2D eigenvalue weighted by Gasteiger charge is 2.23. The van der Waals surface area contributed by atoms with E-state index in [-0.39, 0.29) is 11.8 Å². The van der Waals surface area contributed by atoms with Crippen LogP contribution < -0.4 is 10.2 Å². The molecule has 1 saturated heterocycles. The molecule has 2 amide bonds. The Kier molecular flexibility index (Phi) is 5.71. The Labute approximate surface area is 164 Å². The highest BCUT2D eigenvalue weighted by Crippen LogP contribution is 2.31. The van der Waals surface area contributed by atoms with Crippen LogP contribution in [-0.4, -0.2) is 42.9 Å². The molecule has 1 aliphatic heterocycles. The van der Waals surface area contributed by atoms with Crippen LogP contribution in [0.2, 0.25) is 5.02 Å². The predicted octanol–water partition coefficient (Wildman–Crippen LogP) is 4.51. The largest absolute Gasteiger partial charge is 0.367 e. The van der Waals surface area contributed by atoms with Crippen molar-refractivity contribution in [2.24, 2.45) is 0 Å². The van der Waals surface area contributed by atoms with Crippen molar-refractivity contribution in [3.8, 4) is 0 Å². The number of nitrogens with one attached hydrogen (secondary N) is 1. The molecule has 0 aliphatic carbocycles. The summed E-state index contributed by atoms with van der Waals surface area (Å²) < 4.78 is 0. The van der Waals surface area contributed by atoms with Crippen LogP contribution in [-0.2, 0) is 0 Å². The number of ketones is 1. The smallest absolute Gasteiger partial charge is 0.321 e. The Morgan fingerprint density at radius 1 is 1.04 bits per heavy atom. The molecule has 142 valence electrons. The Bertz CT molecular complexity index is 850. The molecule has 1 heterocycles. The average Bonchev–Trinajstić information content (AvgIpc) is 2.61. The normalized spacial score (nSPS) is 14.2. The third-order valence-electron chi connectivity index (χ3n) is 4.80. The molecule has 2 aromatic carbocycles. The van der Waals surface area contributed by atoms with Gasteiger partial charge in [0.05, 0.1) is 10.7 Å². The Balaban J connectivity index is 1.63. The van der Waals surface area contributed by atoms with Crippen molar-refractivity contribution in [3.63, 3.8) is 0 Å². The minimum absolute atomic E-state index is 0.0231. The van der Waals surface area contributed by atoms with Gasteiger partial charge in [-0.25, -0.2) is 4.79 Å². The number of nitrogens with zero attached hydrogens (tertiary/aromatic N) is 2. The minimum atomic E-state index is -0.151. The van der Waals surface area contributed by atoms with E-state index in [2.05, 4.69) is 23.2 Å². The second-order valence-corrected chi connectivity index (χ2v) is 7.36. The van der Waals surface area contributed by atoms with Crippen LogP contribution in [0.1, 0.15) is 28.4 Å². The first-order chi connectivity index (χ1) is 12.8. The van der Waals surface area contributed by atoms with Crippen molar-refractivity contribution < 1.29 is 9.59 Å². The summed E-state index contributed by atoms with van der Waals surface area (Å²) in [5.41, 5.74) is 4.57. The number of carbonyl (C=O) groups is 2. The molecule has 6 heteroatoms. The summed E-state index contributed by atoms with van der Waals surface area (Å²) in [6, 6.07) is 11.0. The zero-order valence-electron chi connectivity index (χ0n) is 15.9. The van der Waals surface area contributed by atoms with Crippen LogP contribution >= 0.6 is 11.6 Å². The fraction of sp³-hybridized carbons (Fsp3) is 0.333. The lowest BCUT2D eigenvalue weighted by Gasteiger charge is -2.37. The molecule has 0 atom stereocenters. The van der Waals surface area contributed by atoms with Crippen LogP contribution in [0.4, 0.5) is 16.2 Å². The van der Waals surface area contributed by atoms with E-state index in [0.29, 0.717) is 24.3 Å². The molecule has 1 aliphatic rings. The third-order valence-corrected chi connectivity index (χ3v) is 5.09. The molecular formula is C21H24ClN3O2. The van der Waals surface area contributed by atoms with E-state index in [1.54, 1.807) is 29.2 Å². The number of hydrogen-bond acceptors (Lipinski definition) is 3. The number of carbonyl (C=O) groups excluding carboxylic acids is 2. The summed E-state index contributed by atoms with van der Waals surface area (Å²) in [6.07, 6.45) is 0. The Morgan fingerprint density at radius 3 is 2.37 bits per heavy atom. The van der Waals surface area contributed by atoms with E-state index in [1.165, 1.54) is 6.92 Å². The summed E-state index contributed by atoms with van der Waals surface area (Å²) in [4.78, 5) is 28.1. The number of aryl methyl sites for hydroxylation is 2. The Morgan fingerprint density at radius 2 is 1.74 bits per heavy atom.